The molecule has 3 aromatic rings. The Labute approximate surface area is 219 Å². The van der Waals surface area contributed by atoms with Crippen molar-refractivity contribution in [1.82, 2.24) is 10.7 Å². The summed E-state index contributed by atoms with van der Waals surface area (Å²) in [5, 5.41) is 8.30. The van der Waals surface area contributed by atoms with E-state index in [4.69, 9.17) is 39.5 Å². The topological polar surface area (TPSA) is 79.8 Å². The van der Waals surface area contributed by atoms with Crippen LogP contribution in [0.1, 0.15) is 35.3 Å². The number of amides is 2. The van der Waals surface area contributed by atoms with Crippen molar-refractivity contribution < 1.29 is 14.3 Å². The number of nitrogens with zero attached hydrogens (tertiary/aromatic N) is 1. The average molecular weight is 533 g/mol. The SMILES string of the molecule is CC(C)C(NC(=O)c1cccc(Cl)c1)C(=O)NN=Cc1ccc(OCc2ccc(Cl)cc2Cl)cc1. The molecule has 0 saturated heterocycles. The summed E-state index contributed by atoms with van der Waals surface area (Å²) in [6.45, 7) is 3.97. The van der Waals surface area contributed by atoms with E-state index in [-0.39, 0.29) is 11.8 Å². The lowest BCUT2D eigenvalue weighted by Crippen LogP contribution is -2.48. The number of benzene rings is 3. The monoisotopic (exact) mass is 531 g/mol. The fraction of sp³-hybridized carbons (Fsp3) is 0.192. The van der Waals surface area contributed by atoms with Gasteiger partial charge in [-0.15, -0.1) is 0 Å². The molecule has 0 aromatic heterocycles. The summed E-state index contributed by atoms with van der Waals surface area (Å²) >= 11 is 18.0. The van der Waals surface area contributed by atoms with Crippen LogP contribution in [0.15, 0.2) is 71.8 Å². The molecule has 2 N–H and O–H groups in total. The predicted octanol–water partition coefficient (Wildman–Crippen LogP) is 6.13. The van der Waals surface area contributed by atoms with Gasteiger partial charge in [-0.05, 0) is 66.1 Å². The lowest BCUT2D eigenvalue weighted by Gasteiger charge is -2.20. The average Bonchev–Trinajstić information content (AvgIpc) is 2.82. The Morgan fingerprint density at radius 1 is 0.971 bits per heavy atom. The molecule has 0 spiro atoms. The summed E-state index contributed by atoms with van der Waals surface area (Å²) in [4.78, 5) is 25.1. The maximum Gasteiger partial charge on any atom is 0.262 e. The van der Waals surface area contributed by atoms with Crippen LogP contribution in [-0.2, 0) is 11.4 Å². The lowest BCUT2D eigenvalue weighted by molar-refractivity contribution is -0.123. The lowest BCUT2D eigenvalue weighted by atomic mass is 10.0. The van der Waals surface area contributed by atoms with Gasteiger partial charge in [0, 0.05) is 26.2 Å². The molecule has 0 aliphatic heterocycles. The first kappa shape index (κ1) is 26.5. The Balaban J connectivity index is 1.54. The van der Waals surface area contributed by atoms with Crippen molar-refractivity contribution in [3.05, 3.63) is 98.5 Å². The van der Waals surface area contributed by atoms with E-state index in [1.54, 1.807) is 60.7 Å². The van der Waals surface area contributed by atoms with Gasteiger partial charge in [-0.1, -0.05) is 60.8 Å². The van der Waals surface area contributed by atoms with Gasteiger partial charge in [0.2, 0.25) is 0 Å². The van der Waals surface area contributed by atoms with E-state index in [2.05, 4.69) is 15.8 Å². The molecule has 3 aromatic carbocycles. The smallest absolute Gasteiger partial charge is 0.262 e. The zero-order valence-corrected chi connectivity index (χ0v) is 21.4. The molecule has 0 aliphatic rings. The van der Waals surface area contributed by atoms with E-state index < -0.39 is 11.9 Å². The van der Waals surface area contributed by atoms with Gasteiger partial charge in [0.1, 0.15) is 18.4 Å². The highest BCUT2D eigenvalue weighted by atomic mass is 35.5. The largest absolute Gasteiger partial charge is 0.489 e. The minimum atomic E-state index is -0.769. The Bertz CT molecular complexity index is 1210. The second-order valence-corrected chi connectivity index (χ2v) is 9.31. The standard InChI is InChI=1S/C26H24Cl3N3O3/c1-16(2)24(31-25(33)18-4-3-5-20(27)12-18)26(34)32-30-14-17-6-10-22(11-7-17)35-15-19-8-9-21(28)13-23(19)29/h3-14,16,24H,15H2,1-2H3,(H,31,33)(H,32,34). The Morgan fingerprint density at radius 2 is 1.69 bits per heavy atom. The molecular formula is C26H24Cl3N3O3. The summed E-state index contributed by atoms with van der Waals surface area (Å²) in [6.07, 6.45) is 1.51. The Morgan fingerprint density at radius 3 is 2.34 bits per heavy atom. The number of nitrogens with one attached hydrogen (secondary N) is 2. The summed E-state index contributed by atoms with van der Waals surface area (Å²) in [5.74, 6) is -0.313. The fourth-order valence-electron chi connectivity index (χ4n) is 3.08. The Hall–Kier alpha value is -3.06. The quantitative estimate of drug-likeness (QED) is 0.257. The van der Waals surface area contributed by atoms with Crippen LogP contribution in [0.2, 0.25) is 15.1 Å². The second-order valence-electron chi connectivity index (χ2n) is 8.03. The molecule has 0 heterocycles. The fourth-order valence-corrected chi connectivity index (χ4v) is 3.73. The number of halogens is 3. The molecule has 6 nitrogen and oxygen atoms in total. The summed E-state index contributed by atoms with van der Waals surface area (Å²) in [6, 6.07) is 18.2. The van der Waals surface area contributed by atoms with Crippen molar-refractivity contribution in [2.24, 2.45) is 11.0 Å². The van der Waals surface area contributed by atoms with Crippen molar-refractivity contribution >= 4 is 52.8 Å². The molecule has 2 amide bonds. The highest BCUT2D eigenvalue weighted by Gasteiger charge is 2.24. The zero-order valence-electron chi connectivity index (χ0n) is 19.1. The maximum absolute atomic E-state index is 12.6. The number of hydrogen-bond donors (Lipinski definition) is 2. The third-order valence-electron chi connectivity index (χ3n) is 5.00. The van der Waals surface area contributed by atoms with Crippen molar-refractivity contribution in [2.75, 3.05) is 0 Å². The molecule has 0 fully saturated rings. The minimum Gasteiger partial charge on any atom is -0.489 e. The Kier molecular flexibility index (Phi) is 9.55. The van der Waals surface area contributed by atoms with Gasteiger partial charge in [-0.25, -0.2) is 5.43 Å². The van der Waals surface area contributed by atoms with Crippen LogP contribution < -0.4 is 15.5 Å². The van der Waals surface area contributed by atoms with E-state index in [0.29, 0.717) is 33.0 Å². The minimum absolute atomic E-state index is 0.154. The molecule has 1 unspecified atom stereocenters. The molecule has 0 radical (unpaired) electrons. The highest BCUT2D eigenvalue weighted by molar-refractivity contribution is 6.35. The zero-order chi connectivity index (χ0) is 25.4. The maximum atomic E-state index is 12.6. The molecule has 0 saturated carbocycles. The van der Waals surface area contributed by atoms with E-state index in [1.807, 2.05) is 19.9 Å². The first-order valence-electron chi connectivity index (χ1n) is 10.8. The first-order chi connectivity index (χ1) is 16.7. The molecule has 3 rings (SSSR count). The summed E-state index contributed by atoms with van der Waals surface area (Å²) in [5.41, 5.74) is 4.44. The highest BCUT2D eigenvalue weighted by Crippen LogP contribution is 2.23. The van der Waals surface area contributed by atoms with E-state index in [1.165, 1.54) is 6.21 Å². The molecule has 182 valence electrons. The number of ether oxygens (including phenoxy) is 1. The van der Waals surface area contributed by atoms with Gasteiger partial charge < -0.3 is 10.1 Å². The van der Waals surface area contributed by atoms with Gasteiger partial charge in [0.15, 0.2) is 0 Å². The predicted molar refractivity (Wildman–Crippen MR) is 141 cm³/mol. The normalized spacial score (nSPS) is 11.9. The third kappa shape index (κ3) is 7.99. The van der Waals surface area contributed by atoms with Crippen molar-refractivity contribution in [2.45, 2.75) is 26.5 Å². The second kappa shape index (κ2) is 12.6. The van der Waals surface area contributed by atoms with Crippen LogP contribution in [-0.4, -0.2) is 24.1 Å². The van der Waals surface area contributed by atoms with Crippen LogP contribution in [0.5, 0.6) is 5.75 Å². The number of hydrogen-bond acceptors (Lipinski definition) is 4. The molecular weight excluding hydrogens is 509 g/mol. The summed E-state index contributed by atoms with van der Waals surface area (Å²) in [7, 11) is 0. The number of hydrazone groups is 1. The van der Waals surface area contributed by atoms with Gasteiger partial charge in [0.25, 0.3) is 11.8 Å². The first-order valence-corrected chi connectivity index (χ1v) is 11.9. The number of carbonyl (C=O) groups is 2. The number of carbonyl (C=O) groups excluding carboxylic acids is 2. The van der Waals surface area contributed by atoms with Crippen LogP contribution in [0.3, 0.4) is 0 Å². The van der Waals surface area contributed by atoms with Crippen LogP contribution in [0, 0.1) is 5.92 Å². The van der Waals surface area contributed by atoms with Gasteiger partial charge in [0.05, 0.1) is 6.21 Å². The molecule has 0 aliphatic carbocycles. The molecule has 35 heavy (non-hydrogen) atoms. The van der Waals surface area contributed by atoms with Crippen molar-refractivity contribution in [1.29, 1.82) is 0 Å². The van der Waals surface area contributed by atoms with Crippen LogP contribution in [0.4, 0.5) is 0 Å². The summed E-state index contributed by atoms with van der Waals surface area (Å²) < 4.78 is 5.76. The number of rotatable bonds is 9. The van der Waals surface area contributed by atoms with Gasteiger partial charge in [-0.3, -0.25) is 9.59 Å². The van der Waals surface area contributed by atoms with Gasteiger partial charge in [-0.2, -0.15) is 5.10 Å². The van der Waals surface area contributed by atoms with Crippen LogP contribution >= 0.6 is 34.8 Å². The molecule has 1 atom stereocenters. The molecule has 9 heteroatoms. The van der Waals surface area contributed by atoms with E-state index >= 15 is 0 Å². The van der Waals surface area contributed by atoms with E-state index in [9.17, 15) is 9.59 Å². The van der Waals surface area contributed by atoms with E-state index in [0.717, 1.165) is 11.1 Å². The molecule has 0 bridgehead atoms. The third-order valence-corrected chi connectivity index (χ3v) is 5.82. The van der Waals surface area contributed by atoms with Crippen LogP contribution in [0.25, 0.3) is 0 Å². The van der Waals surface area contributed by atoms with Crippen molar-refractivity contribution in [3.8, 4) is 5.75 Å². The van der Waals surface area contributed by atoms with Gasteiger partial charge >= 0.3 is 0 Å². The van der Waals surface area contributed by atoms with Crippen molar-refractivity contribution in [3.63, 3.8) is 0 Å².